The molecule has 0 bridgehead atoms. The number of hydrogen-bond donors (Lipinski definition) is 1. The van der Waals surface area contributed by atoms with Gasteiger partial charge in [0.15, 0.2) is 0 Å². The Morgan fingerprint density at radius 2 is 2.36 bits per heavy atom. The molecule has 0 fully saturated rings. The fraction of sp³-hybridized carbons (Fsp3) is 0.167. The SMILES string of the molecule is C1=CC2=CNc3ccsc3CC2C=C1. The summed E-state index contributed by atoms with van der Waals surface area (Å²) in [6.45, 7) is 0. The Labute approximate surface area is 87.5 Å². The van der Waals surface area contributed by atoms with Gasteiger partial charge in [0.05, 0.1) is 5.69 Å². The maximum atomic E-state index is 3.37. The van der Waals surface area contributed by atoms with Crippen LogP contribution in [0.15, 0.2) is 47.5 Å². The Bertz CT molecular complexity index is 437. The molecule has 2 aliphatic rings. The fourth-order valence-corrected chi connectivity index (χ4v) is 2.83. The van der Waals surface area contributed by atoms with Crippen LogP contribution in [0.2, 0.25) is 0 Å². The number of anilines is 1. The summed E-state index contributed by atoms with van der Waals surface area (Å²) in [4.78, 5) is 1.46. The monoisotopic (exact) mass is 201 g/mol. The normalized spacial score (nSPS) is 23.1. The van der Waals surface area contributed by atoms with Crippen molar-refractivity contribution in [2.24, 2.45) is 5.92 Å². The van der Waals surface area contributed by atoms with Crippen LogP contribution in [0, 0.1) is 5.92 Å². The van der Waals surface area contributed by atoms with Crippen LogP contribution in [0.25, 0.3) is 0 Å². The molecule has 0 radical (unpaired) electrons. The van der Waals surface area contributed by atoms with Crippen LogP contribution in [0.5, 0.6) is 0 Å². The van der Waals surface area contributed by atoms with Crippen LogP contribution in [-0.2, 0) is 6.42 Å². The molecule has 0 amide bonds. The zero-order chi connectivity index (χ0) is 9.38. The van der Waals surface area contributed by atoms with Gasteiger partial charge in [0.2, 0.25) is 0 Å². The molecule has 2 heteroatoms. The van der Waals surface area contributed by atoms with Crippen LogP contribution in [-0.4, -0.2) is 0 Å². The molecule has 1 N–H and O–H groups in total. The van der Waals surface area contributed by atoms with E-state index in [4.69, 9.17) is 0 Å². The highest BCUT2D eigenvalue weighted by atomic mass is 32.1. The minimum Gasteiger partial charge on any atom is -0.360 e. The second-order valence-corrected chi connectivity index (χ2v) is 4.60. The van der Waals surface area contributed by atoms with E-state index in [1.54, 1.807) is 0 Å². The summed E-state index contributed by atoms with van der Waals surface area (Å²) < 4.78 is 0. The third-order valence-electron chi connectivity index (χ3n) is 2.72. The number of fused-ring (bicyclic) bond motifs is 2. The topological polar surface area (TPSA) is 12.0 Å². The van der Waals surface area contributed by atoms with Crippen molar-refractivity contribution in [3.63, 3.8) is 0 Å². The smallest absolute Gasteiger partial charge is 0.0521 e. The third-order valence-corrected chi connectivity index (χ3v) is 3.66. The second kappa shape index (κ2) is 3.14. The molecule has 1 atom stereocenters. The molecule has 70 valence electrons. The molecule has 1 aromatic heterocycles. The Morgan fingerprint density at radius 1 is 1.36 bits per heavy atom. The first kappa shape index (κ1) is 8.06. The summed E-state index contributed by atoms with van der Waals surface area (Å²) in [5.41, 5.74) is 2.66. The molecule has 2 heterocycles. The van der Waals surface area contributed by atoms with Crippen LogP contribution < -0.4 is 5.32 Å². The lowest BCUT2D eigenvalue weighted by Crippen LogP contribution is -2.03. The predicted molar refractivity (Wildman–Crippen MR) is 61.5 cm³/mol. The van der Waals surface area contributed by atoms with Gasteiger partial charge in [-0.2, -0.15) is 0 Å². The average Bonchev–Trinajstić information content (AvgIpc) is 2.58. The molecule has 0 aromatic carbocycles. The van der Waals surface area contributed by atoms with E-state index in [-0.39, 0.29) is 0 Å². The van der Waals surface area contributed by atoms with Crippen molar-refractivity contribution < 1.29 is 0 Å². The number of thiophene rings is 1. The van der Waals surface area contributed by atoms with Gasteiger partial charge in [-0.05, 0) is 23.4 Å². The summed E-state index contributed by atoms with van der Waals surface area (Å²) in [6, 6.07) is 2.15. The largest absolute Gasteiger partial charge is 0.360 e. The molecule has 1 nitrogen and oxygen atoms in total. The summed E-state index contributed by atoms with van der Waals surface area (Å²) in [7, 11) is 0. The van der Waals surface area contributed by atoms with Crippen molar-refractivity contribution in [2.45, 2.75) is 6.42 Å². The number of rotatable bonds is 0. The first-order chi connectivity index (χ1) is 6.93. The lowest BCUT2D eigenvalue weighted by molar-refractivity contribution is 0.783. The summed E-state index contributed by atoms with van der Waals surface area (Å²) in [5.74, 6) is 0.562. The molecular weight excluding hydrogens is 190 g/mol. The lowest BCUT2D eigenvalue weighted by Gasteiger charge is -2.13. The molecule has 0 spiro atoms. The highest BCUT2D eigenvalue weighted by Gasteiger charge is 2.17. The first-order valence-corrected chi connectivity index (χ1v) is 5.69. The van der Waals surface area contributed by atoms with E-state index in [9.17, 15) is 0 Å². The molecule has 0 saturated carbocycles. The first-order valence-electron chi connectivity index (χ1n) is 4.81. The Morgan fingerprint density at radius 3 is 3.36 bits per heavy atom. The molecule has 14 heavy (non-hydrogen) atoms. The molecule has 1 aliphatic carbocycles. The van der Waals surface area contributed by atoms with Crippen molar-refractivity contribution in [3.8, 4) is 0 Å². The van der Waals surface area contributed by atoms with Crippen LogP contribution in [0.3, 0.4) is 0 Å². The van der Waals surface area contributed by atoms with Gasteiger partial charge in [0.25, 0.3) is 0 Å². The second-order valence-electron chi connectivity index (χ2n) is 3.60. The molecular formula is C12H11NS. The maximum Gasteiger partial charge on any atom is 0.0521 e. The fourth-order valence-electron chi connectivity index (χ4n) is 1.93. The highest BCUT2D eigenvalue weighted by molar-refractivity contribution is 7.10. The number of allylic oxidation sites excluding steroid dienone is 5. The van der Waals surface area contributed by atoms with Gasteiger partial charge >= 0.3 is 0 Å². The van der Waals surface area contributed by atoms with Gasteiger partial charge in [-0.1, -0.05) is 24.3 Å². The van der Waals surface area contributed by atoms with E-state index >= 15 is 0 Å². The van der Waals surface area contributed by atoms with Crippen LogP contribution >= 0.6 is 11.3 Å². The van der Waals surface area contributed by atoms with Gasteiger partial charge < -0.3 is 5.32 Å². The van der Waals surface area contributed by atoms with Crippen LogP contribution in [0.4, 0.5) is 5.69 Å². The minimum absolute atomic E-state index is 0.562. The van der Waals surface area contributed by atoms with E-state index in [0.717, 1.165) is 6.42 Å². The summed E-state index contributed by atoms with van der Waals surface area (Å²) in [6.07, 6.45) is 12.0. The van der Waals surface area contributed by atoms with Crippen molar-refractivity contribution in [1.29, 1.82) is 0 Å². The van der Waals surface area contributed by atoms with Gasteiger partial charge in [0, 0.05) is 17.0 Å². The molecule has 1 unspecified atom stereocenters. The number of nitrogens with one attached hydrogen (secondary N) is 1. The van der Waals surface area contributed by atoms with Crippen molar-refractivity contribution in [2.75, 3.05) is 5.32 Å². The van der Waals surface area contributed by atoms with Gasteiger partial charge in [0.1, 0.15) is 0 Å². The lowest BCUT2D eigenvalue weighted by atomic mass is 9.92. The Kier molecular flexibility index (Phi) is 1.81. The van der Waals surface area contributed by atoms with Gasteiger partial charge in [-0.25, -0.2) is 0 Å². The van der Waals surface area contributed by atoms with E-state index in [1.807, 2.05) is 11.3 Å². The zero-order valence-corrected chi connectivity index (χ0v) is 8.55. The molecule has 3 rings (SSSR count). The van der Waals surface area contributed by atoms with E-state index < -0.39 is 0 Å². The van der Waals surface area contributed by atoms with Gasteiger partial charge in [-0.15, -0.1) is 11.3 Å². The standard InChI is InChI=1S/C12H11NS/c1-2-4-10-8-13-11-5-6-14-12(11)7-9(10)3-1/h1-6,8-9,13H,7H2. The number of hydrogen-bond acceptors (Lipinski definition) is 2. The quantitative estimate of drug-likeness (QED) is 0.678. The molecule has 0 saturated heterocycles. The van der Waals surface area contributed by atoms with Crippen molar-refractivity contribution in [1.82, 2.24) is 0 Å². The van der Waals surface area contributed by atoms with Crippen LogP contribution in [0.1, 0.15) is 4.88 Å². The summed E-state index contributed by atoms with van der Waals surface area (Å²) >= 11 is 1.84. The molecule has 1 aliphatic heterocycles. The Hall–Kier alpha value is -1.28. The maximum absolute atomic E-state index is 3.37. The minimum atomic E-state index is 0.562. The van der Waals surface area contributed by atoms with E-state index in [0.29, 0.717) is 5.92 Å². The predicted octanol–water partition coefficient (Wildman–Crippen LogP) is 3.34. The zero-order valence-electron chi connectivity index (χ0n) is 7.73. The Balaban J connectivity index is 2.03. The molecule has 1 aromatic rings. The van der Waals surface area contributed by atoms with Crippen molar-refractivity contribution in [3.05, 3.63) is 52.4 Å². The van der Waals surface area contributed by atoms with Gasteiger partial charge in [-0.3, -0.25) is 0 Å². The average molecular weight is 201 g/mol. The van der Waals surface area contributed by atoms with Crippen molar-refractivity contribution >= 4 is 17.0 Å². The summed E-state index contributed by atoms with van der Waals surface area (Å²) in [5, 5.41) is 5.52. The van der Waals surface area contributed by atoms with E-state index in [2.05, 4.69) is 47.3 Å². The third kappa shape index (κ3) is 1.23. The highest BCUT2D eigenvalue weighted by Crippen LogP contribution is 2.33. The van der Waals surface area contributed by atoms with E-state index in [1.165, 1.54) is 16.1 Å².